The summed E-state index contributed by atoms with van der Waals surface area (Å²) >= 11 is 12.3. The number of nitrogens with zero attached hydrogens (tertiary/aromatic N) is 2. The summed E-state index contributed by atoms with van der Waals surface area (Å²) in [5.41, 5.74) is 1.71. The predicted octanol–water partition coefficient (Wildman–Crippen LogP) is 3.76. The van der Waals surface area contributed by atoms with Crippen LogP contribution in [0, 0.1) is 0 Å². The second-order valence-corrected chi connectivity index (χ2v) is 7.20. The summed E-state index contributed by atoms with van der Waals surface area (Å²) in [6.07, 6.45) is 0. The van der Waals surface area contributed by atoms with Gasteiger partial charge in [0.05, 0.1) is 15.9 Å². The Kier molecular flexibility index (Phi) is 4.87. The van der Waals surface area contributed by atoms with Crippen LogP contribution in [0.1, 0.15) is 25.0 Å². The highest BCUT2D eigenvalue weighted by Gasteiger charge is 2.16. The van der Waals surface area contributed by atoms with Crippen molar-refractivity contribution in [2.45, 2.75) is 25.8 Å². The van der Waals surface area contributed by atoms with Gasteiger partial charge in [-0.1, -0.05) is 24.6 Å². The van der Waals surface area contributed by atoms with Crippen LogP contribution in [-0.2, 0) is 17.3 Å². The van der Waals surface area contributed by atoms with Gasteiger partial charge in [-0.15, -0.1) is 11.6 Å². The molecule has 0 bridgehead atoms. The van der Waals surface area contributed by atoms with E-state index in [1.54, 1.807) is 0 Å². The van der Waals surface area contributed by atoms with Gasteiger partial charge in [0, 0.05) is 28.9 Å². The number of rotatable bonds is 5. The minimum Gasteiger partial charge on any atom is -0.326 e. The van der Waals surface area contributed by atoms with Gasteiger partial charge in [-0.2, -0.15) is 0 Å². The molecule has 104 valence electrons. The van der Waals surface area contributed by atoms with E-state index in [1.807, 2.05) is 36.6 Å². The average Bonchev–Trinajstić information content (AvgIpc) is 2.76. The zero-order valence-corrected chi connectivity index (χ0v) is 13.2. The van der Waals surface area contributed by atoms with Crippen molar-refractivity contribution >= 4 is 45.0 Å². The van der Waals surface area contributed by atoms with Crippen molar-refractivity contribution in [1.82, 2.24) is 9.55 Å². The van der Waals surface area contributed by atoms with Gasteiger partial charge in [-0.3, -0.25) is 4.21 Å². The zero-order chi connectivity index (χ0) is 14.0. The third-order valence-corrected chi connectivity index (χ3v) is 4.76. The van der Waals surface area contributed by atoms with Gasteiger partial charge in [-0.25, -0.2) is 4.98 Å². The smallest absolute Gasteiger partial charge is 0.127 e. The number of para-hydroxylation sites is 1. The second-order valence-electron chi connectivity index (χ2n) is 4.28. The first-order chi connectivity index (χ1) is 9.04. The number of alkyl halides is 1. The van der Waals surface area contributed by atoms with Crippen LogP contribution in [-0.4, -0.2) is 25.3 Å². The molecule has 1 aromatic carbocycles. The third kappa shape index (κ3) is 3.12. The Morgan fingerprint density at radius 2 is 2.21 bits per heavy atom. The summed E-state index contributed by atoms with van der Waals surface area (Å²) in [7, 11) is -0.806. The van der Waals surface area contributed by atoms with Gasteiger partial charge in [-0.05, 0) is 19.1 Å². The van der Waals surface area contributed by atoms with E-state index in [2.05, 4.69) is 4.98 Å². The SMILES string of the molecule is CCS(=O)CCn1c(C(C)Cl)nc2c(Cl)cccc21. The molecule has 1 heterocycles. The molecule has 0 radical (unpaired) electrons. The van der Waals surface area contributed by atoms with E-state index in [0.29, 0.717) is 23.1 Å². The number of aryl methyl sites for hydroxylation is 1. The average molecular weight is 319 g/mol. The Balaban J connectivity index is 2.46. The third-order valence-electron chi connectivity index (χ3n) is 2.98. The van der Waals surface area contributed by atoms with Gasteiger partial charge >= 0.3 is 0 Å². The van der Waals surface area contributed by atoms with Gasteiger partial charge in [0.15, 0.2) is 0 Å². The molecule has 0 N–H and O–H groups in total. The number of hydrogen-bond donors (Lipinski definition) is 0. The molecule has 0 spiro atoms. The molecule has 0 saturated heterocycles. The lowest BCUT2D eigenvalue weighted by atomic mass is 10.3. The molecule has 2 rings (SSSR count). The Labute approximate surface area is 125 Å². The minimum atomic E-state index is -0.806. The van der Waals surface area contributed by atoms with E-state index in [1.165, 1.54) is 0 Å². The quantitative estimate of drug-likeness (QED) is 0.787. The predicted molar refractivity (Wildman–Crippen MR) is 82.6 cm³/mol. The lowest BCUT2D eigenvalue weighted by Gasteiger charge is -2.09. The molecule has 0 saturated carbocycles. The van der Waals surface area contributed by atoms with Crippen molar-refractivity contribution in [3.05, 3.63) is 29.0 Å². The van der Waals surface area contributed by atoms with E-state index in [9.17, 15) is 4.21 Å². The number of aromatic nitrogens is 2. The van der Waals surface area contributed by atoms with Crippen molar-refractivity contribution in [3.8, 4) is 0 Å². The fraction of sp³-hybridized carbons (Fsp3) is 0.462. The van der Waals surface area contributed by atoms with Crippen LogP contribution in [0.2, 0.25) is 5.02 Å². The van der Waals surface area contributed by atoms with Gasteiger partial charge in [0.2, 0.25) is 0 Å². The van der Waals surface area contributed by atoms with E-state index >= 15 is 0 Å². The maximum atomic E-state index is 11.6. The highest BCUT2D eigenvalue weighted by Crippen LogP contribution is 2.28. The van der Waals surface area contributed by atoms with Crippen LogP contribution >= 0.6 is 23.2 Å². The molecule has 2 unspecified atom stereocenters. The summed E-state index contributed by atoms with van der Waals surface area (Å²) in [4.78, 5) is 4.52. The molecule has 0 aliphatic carbocycles. The van der Waals surface area contributed by atoms with E-state index < -0.39 is 10.8 Å². The molecule has 19 heavy (non-hydrogen) atoms. The first kappa shape index (κ1) is 14.8. The largest absolute Gasteiger partial charge is 0.326 e. The molecule has 2 aromatic rings. The zero-order valence-electron chi connectivity index (χ0n) is 10.9. The van der Waals surface area contributed by atoms with Crippen LogP contribution in [0.3, 0.4) is 0 Å². The first-order valence-corrected chi connectivity index (χ1v) is 8.48. The van der Waals surface area contributed by atoms with Crippen LogP contribution in [0.5, 0.6) is 0 Å². The summed E-state index contributed by atoms with van der Waals surface area (Å²) in [6, 6.07) is 5.67. The summed E-state index contributed by atoms with van der Waals surface area (Å²) in [6.45, 7) is 4.44. The maximum Gasteiger partial charge on any atom is 0.127 e. The van der Waals surface area contributed by atoms with E-state index in [4.69, 9.17) is 23.2 Å². The van der Waals surface area contributed by atoms with Gasteiger partial charge in [0.25, 0.3) is 0 Å². The Morgan fingerprint density at radius 3 is 2.84 bits per heavy atom. The highest BCUT2D eigenvalue weighted by atomic mass is 35.5. The Morgan fingerprint density at radius 1 is 1.47 bits per heavy atom. The second kappa shape index (κ2) is 6.25. The van der Waals surface area contributed by atoms with Gasteiger partial charge < -0.3 is 4.57 Å². The highest BCUT2D eigenvalue weighted by molar-refractivity contribution is 7.84. The minimum absolute atomic E-state index is 0.210. The first-order valence-electron chi connectivity index (χ1n) is 6.18. The maximum absolute atomic E-state index is 11.6. The molecule has 2 atom stereocenters. The molecule has 3 nitrogen and oxygen atoms in total. The fourth-order valence-corrected chi connectivity index (χ4v) is 3.06. The molecule has 0 amide bonds. The molecular weight excluding hydrogens is 303 g/mol. The normalized spacial score (nSPS) is 14.7. The van der Waals surface area contributed by atoms with Crippen molar-refractivity contribution in [2.24, 2.45) is 0 Å². The monoisotopic (exact) mass is 318 g/mol. The lowest BCUT2D eigenvalue weighted by molar-refractivity contribution is 0.669. The molecule has 6 heteroatoms. The number of benzene rings is 1. The standard InChI is InChI=1S/C13H16Cl2N2OS/c1-3-19(18)8-7-17-11-6-4-5-10(15)12(11)16-13(17)9(2)14/h4-6,9H,3,7-8H2,1-2H3. The van der Waals surface area contributed by atoms with Crippen molar-refractivity contribution in [3.63, 3.8) is 0 Å². The van der Waals surface area contributed by atoms with Crippen LogP contribution in [0.15, 0.2) is 18.2 Å². The van der Waals surface area contributed by atoms with Gasteiger partial charge in [0.1, 0.15) is 11.3 Å². The summed E-state index contributed by atoms with van der Waals surface area (Å²) in [5, 5.41) is 0.407. The number of halogens is 2. The molecular formula is C13H16Cl2N2OS. The molecule has 0 aliphatic heterocycles. The van der Waals surface area contributed by atoms with Crippen LogP contribution in [0.25, 0.3) is 11.0 Å². The number of fused-ring (bicyclic) bond motifs is 1. The topological polar surface area (TPSA) is 34.9 Å². The number of imidazole rings is 1. The fourth-order valence-electron chi connectivity index (χ4n) is 2.01. The Hall–Kier alpha value is -0.580. The van der Waals surface area contributed by atoms with Crippen molar-refractivity contribution < 1.29 is 4.21 Å². The van der Waals surface area contributed by atoms with Crippen LogP contribution in [0.4, 0.5) is 0 Å². The number of hydrogen-bond acceptors (Lipinski definition) is 2. The molecule has 0 aliphatic rings. The van der Waals surface area contributed by atoms with Crippen LogP contribution < -0.4 is 0 Å². The summed E-state index contributed by atoms with van der Waals surface area (Å²) < 4.78 is 13.6. The van der Waals surface area contributed by atoms with E-state index in [-0.39, 0.29) is 5.38 Å². The summed E-state index contributed by atoms with van der Waals surface area (Å²) in [5.74, 6) is 2.04. The van der Waals surface area contributed by atoms with E-state index in [0.717, 1.165) is 16.9 Å². The van der Waals surface area contributed by atoms with Crippen molar-refractivity contribution in [1.29, 1.82) is 0 Å². The lowest BCUT2D eigenvalue weighted by Crippen LogP contribution is -2.12. The molecule has 0 fully saturated rings. The van der Waals surface area contributed by atoms with Crippen molar-refractivity contribution in [2.75, 3.05) is 11.5 Å². The molecule has 1 aromatic heterocycles. The Bertz CT molecular complexity index is 610.